The second-order valence-corrected chi connectivity index (χ2v) is 5.55. The first-order valence-electron chi connectivity index (χ1n) is 6.76. The molecule has 0 aromatic carbocycles. The van der Waals surface area contributed by atoms with Crippen LogP contribution < -0.4 is 11.1 Å². The van der Waals surface area contributed by atoms with Crippen molar-refractivity contribution in [2.75, 3.05) is 13.2 Å². The van der Waals surface area contributed by atoms with Crippen molar-refractivity contribution in [3.05, 3.63) is 0 Å². The third-order valence-electron chi connectivity index (χ3n) is 3.32. The van der Waals surface area contributed by atoms with Crippen molar-refractivity contribution in [3.8, 4) is 0 Å². The fourth-order valence-corrected chi connectivity index (χ4v) is 1.80. The van der Waals surface area contributed by atoms with Crippen molar-refractivity contribution >= 4 is 5.84 Å². The Balaban J connectivity index is 3.62. The minimum absolute atomic E-state index is 0.239. The van der Waals surface area contributed by atoms with Crippen molar-refractivity contribution in [2.45, 2.75) is 58.9 Å². The Morgan fingerprint density at radius 1 is 1.33 bits per heavy atom. The number of unbranched alkanes of at least 4 members (excludes halogenated alkanes) is 1. The third kappa shape index (κ3) is 7.50. The number of hydrogen-bond acceptors (Lipinski definition) is 4. The van der Waals surface area contributed by atoms with E-state index in [0.29, 0.717) is 11.9 Å². The van der Waals surface area contributed by atoms with Crippen molar-refractivity contribution in [2.24, 2.45) is 16.3 Å². The van der Waals surface area contributed by atoms with Crippen molar-refractivity contribution in [3.63, 3.8) is 0 Å². The average Bonchev–Trinajstić information content (AvgIpc) is 2.34. The maximum atomic E-state index is 8.72. The summed E-state index contributed by atoms with van der Waals surface area (Å²) in [5.41, 5.74) is 5.39. The number of hydrogen-bond donors (Lipinski definition) is 4. The summed E-state index contributed by atoms with van der Waals surface area (Å²) >= 11 is 0. The molecule has 0 fully saturated rings. The lowest BCUT2D eigenvalue weighted by Gasteiger charge is -2.22. The number of aliphatic hydroxyl groups is 1. The van der Waals surface area contributed by atoms with Crippen LogP contribution in [0, 0.1) is 5.41 Å². The molecule has 0 rings (SSSR count). The highest BCUT2D eigenvalue weighted by Gasteiger charge is 2.22. The Kier molecular flexibility index (Phi) is 8.75. The van der Waals surface area contributed by atoms with Gasteiger partial charge in [-0.1, -0.05) is 25.4 Å². The van der Waals surface area contributed by atoms with Gasteiger partial charge in [0.2, 0.25) is 0 Å². The lowest BCUT2D eigenvalue weighted by atomic mass is 9.86. The van der Waals surface area contributed by atoms with Gasteiger partial charge in [-0.25, -0.2) is 0 Å². The summed E-state index contributed by atoms with van der Waals surface area (Å²) in [6, 6.07) is 0.453. The van der Waals surface area contributed by atoms with Crippen LogP contribution >= 0.6 is 0 Å². The van der Waals surface area contributed by atoms with E-state index < -0.39 is 0 Å². The van der Waals surface area contributed by atoms with Gasteiger partial charge in [-0.2, -0.15) is 0 Å². The molecule has 0 saturated heterocycles. The zero-order chi connectivity index (χ0) is 14.0. The smallest absolute Gasteiger partial charge is 0.144 e. The van der Waals surface area contributed by atoms with E-state index in [4.69, 9.17) is 16.0 Å². The highest BCUT2D eigenvalue weighted by Crippen LogP contribution is 2.23. The second-order valence-electron chi connectivity index (χ2n) is 5.55. The molecule has 0 aliphatic heterocycles. The van der Waals surface area contributed by atoms with Crippen LogP contribution in [0.3, 0.4) is 0 Å². The molecule has 0 aromatic heterocycles. The average molecular weight is 259 g/mol. The molecule has 0 spiro atoms. The molecule has 5 N–H and O–H groups in total. The number of amidine groups is 1. The minimum Gasteiger partial charge on any atom is -0.409 e. The van der Waals surface area contributed by atoms with Gasteiger partial charge in [-0.3, -0.25) is 0 Å². The zero-order valence-corrected chi connectivity index (χ0v) is 11.9. The number of nitrogens with two attached hydrogens (primary N) is 1. The van der Waals surface area contributed by atoms with Gasteiger partial charge < -0.3 is 21.4 Å². The SMILES string of the molecule is CC(CCCO)NCCCCC(C)(C)C(N)=NO. The second kappa shape index (κ2) is 9.16. The normalized spacial score (nSPS) is 14.8. The summed E-state index contributed by atoms with van der Waals surface area (Å²) < 4.78 is 0. The Labute approximate surface area is 110 Å². The molecule has 108 valence electrons. The summed E-state index contributed by atoms with van der Waals surface area (Å²) in [4.78, 5) is 0. The zero-order valence-electron chi connectivity index (χ0n) is 11.9. The van der Waals surface area contributed by atoms with E-state index in [2.05, 4.69) is 17.4 Å². The van der Waals surface area contributed by atoms with E-state index in [0.717, 1.165) is 38.6 Å². The minimum atomic E-state index is -0.239. The van der Waals surface area contributed by atoms with E-state index in [1.165, 1.54) is 0 Å². The number of nitrogens with one attached hydrogen (secondary N) is 1. The van der Waals surface area contributed by atoms with Gasteiger partial charge in [-0.15, -0.1) is 0 Å². The Bertz CT molecular complexity index is 242. The van der Waals surface area contributed by atoms with E-state index in [1.807, 2.05) is 13.8 Å². The molecule has 5 heteroatoms. The maximum Gasteiger partial charge on any atom is 0.144 e. The first-order valence-corrected chi connectivity index (χ1v) is 6.76. The van der Waals surface area contributed by atoms with Crippen molar-refractivity contribution in [1.82, 2.24) is 5.32 Å². The molecular formula is C13H29N3O2. The molecule has 0 aliphatic rings. The molecule has 0 saturated carbocycles. The van der Waals surface area contributed by atoms with Crippen molar-refractivity contribution < 1.29 is 10.3 Å². The molecular weight excluding hydrogens is 230 g/mol. The van der Waals surface area contributed by atoms with Crippen LogP contribution in [-0.4, -0.2) is 35.3 Å². The highest BCUT2D eigenvalue weighted by molar-refractivity contribution is 5.85. The molecule has 0 amide bonds. The quantitative estimate of drug-likeness (QED) is 0.158. The number of aliphatic hydroxyl groups excluding tert-OH is 1. The summed E-state index contributed by atoms with van der Waals surface area (Å²) in [5, 5.41) is 23.9. The van der Waals surface area contributed by atoms with E-state index in [1.54, 1.807) is 0 Å². The van der Waals surface area contributed by atoms with E-state index in [9.17, 15) is 0 Å². The Morgan fingerprint density at radius 2 is 2.00 bits per heavy atom. The highest BCUT2D eigenvalue weighted by atomic mass is 16.4. The molecule has 0 bridgehead atoms. The number of oxime groups is 1. The van der Waals surface area contributed by atoms with Gasteiger partial charge in [-0.05, 0) is 39.2 Å². The number of nitrogens with zero attached hydrogens (tertiary/aromatic N) is 1. The lowest BCUT2D eigenvalue weighted by molar-refractivity contribution is 0.276. The van der Waals surface area contributed by atoms with Gasteiger partial charge in [0.25, 0.3) is 0 Å². The van der Waals surface area contributed by atoms with Crippen molar-refractivity contribution in [1.29, 1.82) is 0 Å². The van der Waals surface area contributed by atoms with Gasteiger partial charge in [0.15, 0.2) is 0 Å². The first kappa shape index (κ1) is 17.2. The van der Waals surface area contributed by atoms with E-state index >= 15 is 0 Å². The summed E-state index contributed by atoms with van der Waals surface area (Å²) in [7, 11) is 0. The third-order valence-corrected chi connectivity index (χ3v) is 3.32. The Hall–Kier alpha value is -0.810. The molecule has 0 heterocycles. The Morgan fingerprint density at radius 3 is 2.56 bits per heavy atom. The standard InChI is InChI=1S/C13H29N3O2/c1-11(7-6-10-17)15-9-5-4-8-13(2,3)12(14)16-18/h11,15,17-18H,4-10H2,1-3H3,(H2,14,16). The van der Waals surface area contributed by atoms with Crippen LogP contribution in [0.25, 0.3) is 0 Å². The molecule has 5 nitrogen and oxygen atoms in total. The summed E-state index contributed by atoms with van der Waals surface area (Å²) in [6.45, 7) is 7.34. The molecule has 1 atom stereocenters. The van der Waals surface area contributed by atoms with Crippen LogP contribution in [0.2, 0.25) is 0 Å². The van der Waals surface area contributed by atoms with Crippen LogP contribution in [0.15, 0.2) is 5.16 Å². The maximum absolute atomic E-state index is 8.72. The van der Waals surface area contributed by atoms with Crippen LogP contribution in [-0.2, 0) is 0 Å². The van der Waals surface area contributed by atoms with Gasteiger partial charge >= 0.3 is 0 Å². The molecule has 1 unspecified atom stereocenters. The topological polar surface area (TPSA) is 90.9 Å². The largest absolute Gasteiger partial charge is 0.409 e. The van der Waals surface area contributed by atoms with Gasteiger partial charge in [0.1, 0.15) is 5.84 Å². The fraction of sp³-hybridized carbons (Fsp3) is 0.923. The monoisotopic (exact) mass is 259 g/mol. The summed E-state index contributed by atoms with van der Waals surface area (Å²) in [5.74, 6) is 0.298. The first-order chi connectivity index (χ1) is 8.44. The van der Waals surface area contributed by atoms with Gasteiger partial charge in [0, 0.05) is 18.1 Å². The molecule has 0 aromatic rings. The lowest BCUT2D eigenvalue weighted by Crippen LogP contribution is -2.32. The summed E-state index contributed by atoms with van der Waals surface area (Å²) in [6.07, 6.45) is 4.89. The molecule has 0 aliphatic carbocycles. The fourth-order valence-electron chi connectivity index (χ4n) is 1.80. The van der Waals surface area contributed by atoms with Crippen LogP contribution in [0.5, 0.6) is 0 Å². The molecule has 0 radical (unpaired) electrons. The van der Waals surface area contributed by atoms with E-state index in [-0.39, 0.29) is 12.0 Å². The van der Waals surface area contributed by atoms with Crippen LogP contribution in [0.1, 0.15) is 52.9 Å². The van der Waals surface area contributed by atoms with Gasteiger partial charge in [0.05, 0.1) is 0 Å². The number of rotatable bonds is 10. The van der Waals surface area contributed by atoms with Crippen LogP contribution in [0.4, 0.5) is 0 Å². The molecule has 18 heavy (non-hydrogen) atoms. The predicted molar refractivity (Wildman–Crippen MR) is 74.8 cm³/mol. The predicted octanol–water partition coefficient (Wildman–Crippen LogP) is 1.68.